The second-order valence-corrected chi connectivity index (χ2v) is 5.15. The number of rotatable bonds is 4. The highest BCUT2D eigenvalue weighted by Gasteiger charge is 2.36. The molecule has 1 N–H and O–H groups in total. The highest BCUT2D eigenvalue weighted by atomic mass is 16.5. The fourth-order valence-electron chi connectivity index (χ4n) is 2.30. The molecule has 2 heterocycles. The molecule has 2 atom stereocenters. The van der Waals surface area contributed by atoms with Gasteiger partial charge in [-0.3, -0.25) is 9.69 Å². The Morgan fingerprint density at radius 1 is 1.61 bits per heavy atom. The van der Waals surface area contributed by atoms with Gasteiger partial charge in [0.25, 0.3) is 0 Å². The molecule has 1 saturated heterocycles. The van der Waals surface area contributed by atoms with E-state index in [9.17, 15) is 4.79 Å². The lowest BCUT2D eigenvalue weighted by atomic mass is 10.0. The molecule has 1 aliphatic rings. The second-order valence-electron chi connectivity index (χ2n) is 5.15. The van der Waals surface area contributed by atoms with Gasteiger partial charge < -0.3 is 9.63 Å². The summed E-state index contributed by atoms with van der Waals surface area (Å²) in [6.07, 6.45) is 0.686. The van der Waals surface area contributed by atoms with Crippen LogP contribution in [0.1, 0.15) is 44.8 Å². The summed E-state index contributed by atoms with van der Waals surface area (Å²) >= 11 is 0. The molecule has 0 spiro atoms. The van der Waals surface area contributed by atoms with Gasteiger partial charge in [0.2, 0.25) is 5.89 Å². The summed E-state index contributed by atoms with van der Waals surface area (Å²) in [5, 5.41) is 13.0. The van der Waals surface area contributed by atoms with E-state index in [2.05, 4.69) is 15.0 Å². The molecule has 1 aromatic rings. The predicted molar refractivity (Wildman–Crippen MR) is 64.0 cm³/mol. The first-order valence-corrected chi connectivity index (χ1v) is 6.28. The minimum absolute atomic E-state index is 0.0171. The molecule has 0 aromatic carbocycles. The largest absolute Gasteiger partial charge is 0.481 e. The van der Waals surface area contributed by atoms with Crippen LogP contribution in [0.25, 0.3) is 0 Å². The van der Waals surface area contributed by atoms with Gasteiger partial charge in [-0.15, -0.1) is 0 Å². The van der Waals surface area contributed by atoms with Crippen molar-refractivity contribution in [3.8, 4) is 0 Å². The Labute approximate surface area is 106 Å². The highest BCUT2D eigenvalue weighted by Crippen LogP contribution is 2.25. The topological polar surface area (TPSA) is 79.5 Å². The summed E-state index contributed by atoms with van der Waals surface area (Å²) in [5.74, 6) is 0.472. The van der Waals surface area contributed by atoms with E-state index in [-0.39, 0.29) is 17.9 Å². The zero-order valence-corrected chi connectivity index (χ0v) is 11.0. The van der Waals surface area contributed by atoms with Gasteiger partial charge in [0.15, 0.2) is 5.82 Å². The summed E-state index contributed by atoms with van der Waals surface area (Å²) < 4.78 is 5.14. The van der Waals surface area contributed by atoms with E-state index in [0.29, 0.717) is 24.7 Å². The predicted octanol–water partition coefficient (Wildman–Crippen LogP) is 1.49. The molecule has 18 heavy (non-hydrogen) atoms. The Morgan fingerprint density at radius 2 is 2.33 bits per heavy atom. The standard InChI is InChI=1S/C12H19N3O3/c1-7(2)11-13-10(14-18-11)6-15-5-4-9(8(15)3)12(16)17/h7-9H,4-6H2,1-3H3,(H,16,17). The highest BCUT2D eigenvalue weighted by molar-refractivity contribution is 5.71. The van der Waals surface area contributed by atoms with Crippen molar-refractivity contribution in [2.45, 2.75) is 45.7 Å². The third-order valence-electron chi connectivity index (χ3n) is 3.53. The fraction of sp³-hybridized carbons (Fsp3) is 0.750. The SMILES string of the molecule is CC(C)c1nc(CN2CCC(C(=O)O)C2C)no1. The van der Waals surface area contributed by atoms with Crippen LogP contribution >= 0.6 is 0 Å². The fourth-order valence-corrected chi connectivity index (χ4v) is 2.30. The number of aliphatic carboxylic acids is 1. The van der Waals surface area contributed by atoms with Crippen molar-refractivity contribution in [2.75, 3.05) is 6.54 Å². The summed E-state index contributed by atoms with van der Waals surface area (Å²) in [7, 11) is 0. The maximum atomic E-state index is 11.0. The number of carboxylic acid groups (broad SMARTS) is 1. The molecular weight excluding hydrogens is 234 g/mol. The van der Waals surface area contributed by atoms with Gasteiger partial charge in [0.05, 0.1) is 12.5 Å². The second kappa shape index (κ2) is 5.06. The average molecular weight is 253 g/mol. The third kappa shape index (κ3) is 2.53. The maximum Gasteiger partial charge on any atom is 0.308 e. The van der Waals surface area contributed by atoms with Crippen molar-refractivity contribution in [2.24, 2.45) is 5.92 Å². The maximum absolute atomic E-state index is 11.0. The van der Waals surface area contributed by atoms with Crippen molar-refractivity contribution >= 4 is 5.97 Å². The minimum atomic E-state index is -0.721. The van der Waals surface area contributed by atoms with Gasteiger partial charge in [0.1, 0.15) is 0 Å². The van der Waals surface area contributed by atoms with Crippen LogP contribution in [-0.4, -0.2) is 38.7 Å². The zero-order chi connectivity index (χ0) is 13.3. The van der Waals surface area contributed by atoms with E-state index < -0.39 is 5.97 Å². The number of hydrogen-bond acceptors (Lipinski definition) is 5. The lowest BCUT2D eigenvalue weighted by Crippen LogP contribution is -2.32. The molecule has 6 heteroatoms. The average Bonchev–Trinajstić information content (AvgIpc) is 2.87. The Kier molecular flexibility index (Phi) is 3.65. The van der Waals surface area contributed by atoms with E-state index in [1.165, 1.54) is 0 Å². The molecule has 1 aromatic heterocycles. The molecule has 1 aliphatic heterocycles. The lowest BCUT2D eigenvalue weighted by Gasteiger charge is -2.20. The number of likely N-dealkylation sites (tertiary alicyclic amines) is 1. The summed E-state index contributed by atoms with van der Waals surface area (Å²) in [6.45, 7) is 7.26. The first-order chi connectivity index (χ1) is 8.49. The smallest absolute Gasteiger partial charge is 0.308 e. The molecule has 0 saturated carbocycles. The lowest BCUT2D eigenvalue weighted by molar-refractivity contribution is -0.142. The molecule has 0 radical (unpaired) electrons. The van der Waals surface area contributed by atoms with Crippen LogP contribution in [0.3, 0.4) is 0 Å². The normalized spacial score (nSPS) is 24.9. The van der Waals surface area contributed by atoms with E-state index in [1.54, 1.807) is 0 Å². The van der Waals surface area contributed by atoms with Gasteiger partial charge in [-0.05, 0) is 19.9 Å². The number of carboxylic acids is 1. The minimum Gasteiger partial charge on any atom is -0.481 e. The van der Waals surface area contributed by atoms with Crippen LogP contribution in [0, 0.1) is 5.92 Å². The third-order valence-corrected chi connectivity index (χ3v) is 3.53. The zero-order valence-electron chi connectivity index (χ0n) is 11.0. The first-order valence-electron chi connectivity index (χ1n) is 6.28. The van der Waals surface area contributed by atoms with Crippen LogP contribution in [0.5, 0.6) is 0 Å². The molecule has 2 unspecified atom stereocenters. The van der Waals surface area contributed by atoms with Gasteiger partial charge >= 0.3 is 5.97 Å². The summed E-state index contributed by atoms with van der Waals surface area (Å²) in [5.41, 5.74) is 0. The van der Waals surface area contributed by atoms with Crippen LogP contribution in [0.15, 0.2) is 4.52 Å². The van der Waals surface area contributed by atoms with E-state index >= 15 is 0 Å². The van der Waals surface area contributed by atoms with Gasteiger partial charge in [-0.1, -0.05) is 19.0 Å². The molecule has 2 rings (SSSR count). The Bertz CT molecular complexity index is 430. The van der Waals surface area contributed by atoms with Crippen molar-refractivity contribution in [1.29, 1.82) is 0 Å². The van der Waals surface area contributed by atoms with E-state index in [4.69, 9.17) is 9.63 Å². The van der Waals surface area contributed by atoms with Gasteiger partial charge in [-0.25, -0.2) is 0 Å². The van der Waals surface area contributed by atoms with Crippen LogP contribution < -0.4 is 0 Å². The molecule has 100 valence electrons. The van der Waals surface area contributed by atoms with Gasteiger partial charge in [0, 0.05) is 12.0 Å². The number of aromatic nitrogens is 2. The molecule has 0 aliphatic carbocycles. The number of nitrogens with zero attached hydrogens (tertiary/aromatic N) is 3. The van der Waals surface area contributed by atoms with Crippen LogP contribution in [0.4, 0.5) is 0 Å². The van der Waals surface area contributed by atoms with Crippen molar-refractivity contribution in [3.63, 3.8) is 0 Å². The van der Waals surface area contributed by atoms with Gasteiger partial charge in [-0.2, -0.15) is 4.98 Å². The Hall–Kier alpha value is -1.43. The van der Waals surface area contributed by atoms with E-state index in [0.717, 1.165) is 6.54 Å². The molecule has 6 nitrogen and oxygen atoms in total. The van der Waals surface area contributed by atoms with Crippen molar-refractivity contribution < 1.29 is 14.4 Å². The Morgan fingerprint density at radius 3 is 2.83 bits per heavy atom. The molecule has 1 fully saturated rings. The summed E-state index contributed by atoms with van der Waals surface area (Å²) in [6, 6.07) is 0.0171. The summed E-state index contributed by atoms with van der Waals surface area (Å²) in [4.78, 5) is 17.4. The number of carbonyl (C=O) groups is 1. The van der Waals surface area contributed by atoms with Crippen LogP contribution in [0.2, 0.25) is 0 Å². The number of hydrogen-bond donors (Lipinski definition) is 1. The quantitative estimate of drug-likeness (QED) is 0.875. The van der Waals surface area contributed by atoms with Crippen molar-refractivity contribution in [1.82, 2.24) is 15.0 Å². The Balaban J connectivity index is 1.99. The molecule has 0 amide bonds. The van der Waals surface area contributed by atoms with Crippen molar-refractivity contribution in [3.05, 3.63) is 11.7 Å². The van der Waals surface area contributed by atoms with Crippen LogP contribution in [-0.2, 0) is 11.3 Å². The van der Waals surface area contributed by atoms with E-state index in [1.807, 2.05) is 20.8 Å². The molecular formula is C12H19N3O3. The monoisotopic (exact) mass is 253 g/mol. The first kappa shape index (κ1) is 13.0. The molecule has 0 bridgehead atoms.